The van der Waals surface area contributed by atoms with E-state index in [0.29, 0.717) is 6.54 Å². The number of benzene rings is 1. The lowest BCUT2D eigenvalue weighted by Crippen LogP contribution is -2.42. The Balaban J connectivity index is 2.02. The molecule has 0 bridgehead atoms. The van der Waals surface area contributed by atoms with Gasteiger partial charge in [0.25, 0.3) is 5.56 Å². The molecule has 0 radical (unpaired) electrons. The molecule has 1 aromatic carbocycles. The second-order valence-corrected chi connectivity index (χ2v) is 6.73. The summed E-state index contributed by atoms with van der Waals surface area (Å²) in [4.78, 5) is 17.8. The van der Waals surface area contributed by atoms with E-state index in [1.54, 1.807) is 10.9 Å². The van der Waals surface area contributed by atoms with Crippen LogP contribution in [-0.4, -0.2) is 9.55 Å². The minimum absolute atomic E-state index is 0.0181. The SMILES string of the molecule is CCn1cnc2c(c1=O)C1(CCCCC1)Cc1ccccc1-2. The van der Waals surface area contributed by atoms with Crippen molar-refractivity contribution in [2.24, 2.45) is 0 Å². The highest BCUT2D eigenvalue weighted by Crippen LogP contribution is 2.48. The molecule has 0 saturated heterocycles. The number of hydrogen-bond donors (Lipinski definition) is 0. The number of hydrogen-bond acceptors (Lipinski definition) is 2. The van der Waals surface area contributed by atoms with E-state index in [1.807, 2.05) is 6.92 Å². The monoisotopic (exact) mass is 294 g/mol. The van der Waals surface area contributed by atoms with Crippen LogP contribution in [0.1, 0.15) is 50.2 Å². The van der Waals surface area contributed by atoms with E-state index in [2.05, 4.69) is 24.3 Å². The molecule has 0 N–H and O–H groups in total. The zero-order chi connectivity index (χ0) is 15.2. The van der Waals surface area contributed by atoms with Crippen LogP contribution in [0.15, 0.2) is 35.4 Å². The molecule has 0 atom stereocenters. The lowest BCUT2D eigenvalue weighted by Gasteiger charge is -2.41. The molecule has 1 heterocycles. The highest BCUT2D eigenvalue weighted by Gasteiger charge is 2.42. The van der Waals surface area contributed by atoms with Gasteiger partial charge in [0.1, 0.15) is 0 Å². The molecule has 22 heavy (non-hydrogen) atoms. The molecule has 4 rings (SSSR count). The van der Waals surface area contributed by atoms with Crippen LogP contribution < -0.4 is 5.56 Å². The van der Waals surface area contributed by atoms with E-state index in [1.165, 1.54) is 24.8 Å². The third-order valence-corrected chi connectivity index (χ3v) is 5.52. The molecule has 1 fully saturated rings. The minimum Gasteiger partial charge on any atom is -0.299 e. The molecule has 0 unspecified atom stereocenters. The van der Waals surface area contributed by atoms with E-state index in [-0.39, 0.29) is 11.0 Å². The maximum absolute atomic E-state index is 13.1. The molecule has 2 aromatic rings. The first-order valence-corrected chi connectivity index (χ1v) is 8.43. The van der Waals surface area contributed by atoms with Crippen LogP contribution in [0.5, 0.6) is 0 Å². The van der Waals surface area contributed by atoms with E-state index < -0.39 is 0 Å². The highest BCUT2D eigenvalue weighted by atomic mass is 16.1. The number of aromatic nitrogens is 2. The molecule has 2 aliphatic rings. The average molecular weight is 294 g/mol. The fourth-order valence-corrected chi connectivity index (χ4v) is 4.41. The maximum Gasteiger partial charge on any atom is 0.257 e. The van der Waals surface area contributed by atoms with Crippen LogP contribution in [0.2, 0.25) is 0 Å². The summed E-state index contributed by atoms with van der Waals surface area (Å²) in [6.07, 6.45) is 8.71. The number of aryl methyl sites for hydroxylation is 1. The van der Waals surface area contributed by atoms with E-state index in [0.717, 1.165) is 36.1 Å². The Kier molecular flexibility index (Phi) is 3.17. The molecular weight excluding hydrogens is 272 g/mol. The van der Waals surface area contributed by atoms with Gasteiger partial charge in [-0.3, -0.25) is 9.36 Å². The van der Waals surface area contributed by atoms with Crippen LogP contribution in [0.4, 0.5) is 0 Å². The van der Waals surface area contributed by atoms with E-state index >= 15 is 0 Å². The fraction of sp³-hybridized carbons (Fsp3) is 0.474. The lowest BCUT2D eigenvalue weighted by molar-refractivity contribution is 0.283. The van der Waals surface area contributed by atoms with Gasteiger partial charge in [-0.1, -0.05) is 43.5 Å². The van der Waals surface area contributed by atoms with Crippen LogP contribution in [0.25, 0.3) is 11.3 Å². The summed E-state index contributed by atoms with van der Waals surface area (Å²) in [5.41, 5.74) is 4.66. The summed E-state index contributed by atoms with van der Waals surface area (Å²) in [6, 6.07) is 8.48. The molecule has 114 valence electrons. The molecule has 2 aliphatic carbocycles. The Morgan fingerprint density at radius 2 is 1.95 bits per heavy atom. The highest BCUT2D eigenvalue weighted by molar-refractivity contribution is 5.71. The normalized spacial score (nSPS) is 18.8. The van der Waals surface area contributed by atoms with Gasteiger partial charge in [-0.2, -0.15) is 0 Å². The first-order chi connectivity index (χ1) is 10.7. The van der Waals surface area contributed by atoms with Gasteiger partial charge < -0.3 is 0 Å². The van der Waals surface area contributed by atoms with Crippen molar-refractivity contribution in [3.8, 4) is 11.3 Å². The predicted molar refractivity (Wildman–Crippen MR) is 88.1 cm³/mol. The molecule has 1 spiro atoms. The second kappa shape index (κ2) is 5.08. The fourth-order valence-electron chi connectivity index (χ4n) is 4.41. The lowest BCUT2D eigenvalue weighted by atomic mass is 9.62. The van der Waals surface area contributed by atoms with Gasteiger partial charge in [0.05, 0.1) is 17.6 Å². The van der Waals surface area contributed by atoms with Crippen molar-refractivity contribution < 1.29 is 0 Å². The summed E-state index contributed by atoms with van der Waals surface area (Å²) < 4.78 is 1.77. The van der Waals surface area contributed by atoms with Crippen molar-refractivity contribution >= 4 is 0 Å². The average Bonchev–Trinajstić information content (AvgIpc) is 2.56. The van der Waals surface area contributed by atoms with Gasteiger partial charge in [-0.05, 0) is 31.7 Å². The number of fused-ring (bicyclic) bond motifs is 4. The molecular formula is C19H22N2O. The molecule has 3 heteroatoms. The van der Waals surface area contributed by atoms with Crippen molar-refractivity contribution in [1.82, 2.24) is 9.55 Å². The quantitative estimate of drug-likeness (QED) is 0.804. The first-order valence-electron chi connectivity index (χ1n) is 8.43. The minimum atomic E-state index is 0.0181. The largest absolute Gasteiger partial charge is 0.299 e. The maximum atomic E-state index is 13.1. The van der Waals surface area contributed by atoms with Gasteiger partial charge in [-0.15, -0.1) is 0 Å². The van der Waals surface area contributed by atoms with Crippen molar-refractivity contribution in [3.05, 3.63) is 52.1 Å². The number of nitrogens with zero attached hydrogens (tertiary/aromatic N) is 2. The Morgan fingerprint density at radius 3 is 2.73 bits per heavy atom. The Hall–Kier alpha value is -1.90. The smallest absolute Gasteiger partial charge is 0.257 e. The second-order valence-electron chi connectivity index (χ2n) is 6.73. The Bertz CT molecular complexity index is 769. The van der Waals surface area contributed by atoms with Gasteiger partial charge in [0.15, 0.2) is 0 Å². The summed E-state index contributed by atoms with van der Waals surface area (Å²) in [5.74, 6) is 0. The Labute approximate surface area is 131 Å². The van der Waals surface area contributed by atoms with Crippen LogP contribution >= 0.6 is 0 Å². The predicted octanol–water partition coefficient (Wildman–Crippen LogP) is 3.69. The zero-order valence-corrected chi connectivity index (χ0v) is 13.1. The third kappa shape index (κ3) is 1.88. The van der Waals surface area contributed by atoms with Crippen LogP contribution in [-0.2, 0) is 18.4 Å². The van der Waals surface area contributed by atoms with Gasteiger partial charge in [0, 0.05) is 17.5 Å². The number of rotatable bonds is 1. The standard InChI is InChI=1S/C19H22N2O/c1-2-21-13-20-17-15-9-5-4-8-14(15)12-19(16(17)18(21)22)10-6-3-7-11-19/h4-5,8-9,13H,2-3,6-7,10-12H2,1H3. The van der Waals surface area contributed by atoms with Crippen molar-refractivity contribution in [2.45, 2.75) is 57.4 Å². The molecule has 0 amide bonds. The van der Waals surface area contributed by atoms with Crippen molar-refractivity contribution in [2.75, 3.05) is 0 Å². The molecule has 1 saturated carbocycles. The first kappa shape index (κ1) is 13.7. The molecule has 1 aromatic heterocycles. The van der Waals surface area contributed by atoms with Gasteiger partial charge in [-0.25, -0.2) is 4.98 Å². The molecule has 0 aliphatic heterocycles. The summed E-state index contributed by atoms with van der Waals surface area (Å²) in [7, 11) is 0. The Morgan fingerprint density at radius 1 is 1.18 bits per heavy atom. The third-order valence-electron chi connectivity index (χ3n) is 5.52. The summed E-state index contributed by atoms with van der Waals surface area (Å²) >= 11 is 0. The van der Waals surface area contributed by atoms with Crippen molar-refractivity contribution in [1.29, 1.82) is 0 Å². The summed E-state index contributed by atoms with van der Waals surface area (Å²) in [5, 5.41) is 0. The van der Waals surface area contributed by atoms with E-state index in [9.17, 15) is 4.79 Å². The topological polar surface area (TPSA) is 34.9 Å². The van der Waals surface area contributed by atoms with Crippen molar-refractivity contribution in [3.63, 3.8) is 0 Å². The van der Waals surface area contributed by atoms with Crippen LogP contribution in [0.3, 0.4) is 0 Å². The zero-order valence-electron chi connectivity index (χ0n) is 13.1. The van der Waals surface area contributed by atoms with Crippen LogP contribution in [0, 0.1) is 0 Å². The van der Waals surface area contributed by atoms with E-state index in [4.69, 9.17) is 4.98 Å². The molecule has 3 nitrogen and oxygen atoms in total. The van der Waals surface area contributed by atoms with Gasteiger partial charge >= 0.3 is 0 Å². The summed E-state index contributed by atoms with van der Waals surface area (Å²) in [6.45, 7) is 2.70. The van der Waals surface area contributed by atoms with Gasteiger partial charge in [0.2, 0.25) is 0 Å².